The van der Waals surface area contributed by atoms with Gasteiger partial charge in [0, 0.05) is 11.6 Å². The zero-order valence-electron chi connectivity index (χ0n) is 12.0. The fraction of sp³-hybridized carbons (Fsp3) is 0.188. The second kappa shape index (κ2) is 6.26. The zero-order valence-corrected chi connectivity index (χ0v) is 12.0. The summed E-state index contributed by atoms with van der Waals surface area (Å²) < 4.78 is 28.8. The molecule has 4 nitrogen and oxygen atoms in total. The van der Waals surface area contributed by atoms with E-state index in [1.807, 2.05) is 0 Å². The van der Waals surface area contributed by atoms with E-state index in [1.54, 1.807) is 12.1 Å². The van der Waals surface area contributed by atoms with Gasteiger partial charge in [-0.25, -0.2) is 4.39 Å². The summed E-state index contributed by atoms with van der Waals surface area (Å²) in [7, 11) is 4.41. The third-order valence-corrected chi connectivity index (χ3v) is 3.04. The van der Waals surface area contributed by atoms with Crippen LogP contribution in [0.1, 0.15) is 15.9 Å². The number of halogens is 1. The van der Waals surface area contributed by atoms with Crippen LogP contribution in [0.4, 0.5) is 4.39 Å². The number of carbonyl (C=O) groups is 1. The summed E-state index contributed by atoms with van der Waals surface area (Å²) in [5.74, 6) is 0.359. The molecule has 0 unspecified atom stereocenters. The first kappa shape index (κ1) is 14.8. The molecule has 0 fully saturated rings. The van der Waals surface area contributed by atoms with Gasteiger partial charge in [-0.1, -0.05) is 12.1 Å². The van der Waals surface area contributed by atoms with Crippen molar-refractivity contribution in [1.82, 2.24) is 0 Å². The van der Waals surface area contributed by atoms with Gasteiger partial charge < -0.3 is 14.2 Å². The fourth-order valence-corrected chi connectivity index (χ4v) is 1.99. The van der Waals surface area contributed by atoms with Gasteiger partial charge in [-0.3, -0.25) is 4.79 Å². The van der Waals surface area contributed by atoms with Gasteiger partial charge in [0.1, 0.15) is 11.6 Å². The minimum Gasteiger partial charge on any atom is -0.496 e. The molecule has 0 aromatic heterocycles. The lowest BCUT2D eigenvalue weighted by Crippen LogP contribution is -2.05. The van der Waals surface area contributed by atoms with E-state index in [4.69, 9.17) is 14.2 Å². The summed E-state index contributed by atoms with van der Waals surface area (Å²) in [6.45, 7) is 0. The lowest BCUT2D eigenvalue weighted by atomic mass is 10.0. The molecular weight excluding hydrogens is 275 g/mol. The van der Waals surface area contributed by atoms with Crippen LogP contribution in [-0.2, 0) is 0 Å². The second-order valence-electron chi connectivity index (χ2n) is 4.25. The zero-order chi connectivity index (χ0) is 15.4. The number of hydrogen-bond donors (Lipinski definition) is 0. The SMILES string of the molecule is COc1cc(OC)c(C(=O)c2cccc(F)c2)cc1OC. The van der Waals surface area contributed by atoms with Gasteiger partial charge >= 0.3 is 0 Å². The van der Waals surface area contributed by atoms with Crippen molar-refractivity contribution < 1.29 is 23.4 Å². The molecule has 0 bridgehead atoms. The molecule has 0 amide bonds. The Balaban J connectivity index is 2.54. The lowest BCUT2D eigenvalue weighted by Gasteiger charge is -2.13. The van der Waals surface area contributed by atoms with Gasteiger partial charge in [-0.15, -0.1) is 0 Å². The van der Waals surface area contributed by atoms with Crippen LogP contribution in [0.15, 0.2) is 36.4 Å². The molecule has 21 heavy (non-hydrogen) atoms. The van der Waals surface area contributed by atoms with Crippen molar-refractivity contribution in [3.05, 3.63) is 53.3 Å². The van der Waals surface area contributed by atoms with E-state index >= 15 is 0 Å². The van der Waals surface area contributed by atoms with Crippen molar-refractivity contribution in [2.75, 3.05) is 21.3 Å². The van der Waals surface area contributed by atoms with Gasteiger partial charge in [0.25, 0.3) is 0 Å². The molecule has 0 radical (unpaired) electrons. The first-order valence-corrected chi connectivity index (χ1v) is 6.21. The van der Waals surface area contributed by atoms with Gasteiger partial charge in [0.2, 0.25) is 0 Å². The Labute approximate surface area is 122 Å². The van der Waals surface area contributed by atoms with Crippen LogP contribution in [0.3, 0.4) is 0 Å². The summed E-state index contributed by atoms with van der Waals surface area (Å²) >= 11 is 0. The van der Waals surface area contributed by atoms with E-state index in [9.17, 15) is 9.18 Å². The molecule has 0 heterocycles. The number of ether oxygens (including phenoxy) is 3. The van der Waals surface area contributed by atoms with Crippen LogP contribution >= 0.6 is 0 Å². The molecule has 5 heteroatoms. The maximum atomic E-state index is 13.3. The Morgan fingerprint density at radius 2 is 1.52 bits per heavy atom. The van der Waals surface area contributed by atoms with Crippen molar-refractivity contribution in [3.63, 3.8) is 0 Å². The number of rotatable bonds is 5. The predicted octanol–water partition coefficient (Wildman–Crippen LogP) is 3.08. The molecule has 2 aromatic carbocycles. The molecule has 2 aromatic rings. The van der Waals surface area contributed by atoms with Crippen molar-refractivity contribution in [2.24, 2.45) is 0 Å². The number of benzene rings is 2. The highest BCUT2D eigenvalue weighted by atomic mass is 19.1. The average molecular weight is 290 g/mol. The third-order valence-electron chi connectivity index (χ3n) is 3.04. The molecule has 2 rings (SSSR count). The van der Waals surface area contributed by atoms with Gasteiger partial charge in [-0.2, -0.15) is 0 Å². The highest BCUT2D eigenvalue weighted by Gasteiger charge is 2.19. The van der Waals surface area contributed by atoms with Crippen LogP contribution in [0.25, 0.3) is 0 Å². The molecule has 0 atom stereocenters. The van der Waals surface area contributed by atoms with Crippen molar-refractivity contribution in [2.45, 2.75) is 0 Å². The summed E-state index contributed by atoms with van der Waals surface area (Å²) in [5.41, 5.74) is 0.515. The largest absolute Gasteiger partial charge is 0.496 e. The highest BCUT2D eigenvalue weighted by Crippen LogP contribution is 2.35. The fourth-order valence-electron chi connectivity index (χ4n) is 1.99. The smallest absolute Gasteiger partial charge is 0.196 e. The Morgan fingerprint density at radius 3 is 2.10 bits per heavy atom. The van der Waals surface area contributed by atoms with E-state index in [0.29, 0.717) is 17.2 Å². The van der Waals surface area contributed by atoms with Crippen LogP contribution in [-0.4, -0.2) is 27.1 Å². The van der Waals surface area contributed by atoms with Crippen molar-refractivity contribution in [1.29, 1.82) is 0 Å². The molecule has 110 valence electrons. The normalized spacial score (nSPS) is 10.1. The number of hydrogen-bond acceptors (Lipinski definition) is 4. The van der Waals surface area contributed by atoms with Gasteiger partial charge in [0.15, 0.2) is 17.3 Å². The molecule has 0 aliphatic rings. The average Bonchev–Trinajstić information content (AvgIpc) is 2.52. The van der Waals surface area contributed by atoms with E-state index in [2.05, 4.69) is 0 Å². The van der Waals surface area contributed by atoms with E-state index in [-0.39, 0.29) is 16.9 Å². The van der Waals surface area contributed by atoms with Crippen LogP contribution < -0.4 is 14.2 Å². The number of methoxy groups -OCH3 is 3. The Morgan fingerprint density at radius 1 is 0.905 bits per heavy atom. The van der Waals surface area contributed by atoms with E-state index in [1.165, 1.54) is 45.6 Å². The molecule has 0 saturated heterocycles. The quantitative estimate of drug-likeness (QED) is 0.794. The van der Waals surface area contributed by atoms with E-state index in [0.717, 1.165) is 0 Å². The van der Waals surface area contributed by atoms with E-state index < -0.39 is 5.82 Å². The highest BCUT2D eigenvalue weighted by molar-refractivity contribution is 6.11. The van der Waals surface area contributed by atoms with Crippen molar-refractivity contribution in [3.8, 4) is 17.2 Å². The Bertz CT molecular complexity index is 667. The monoisotopic (exact) mass is 290 g/mol. The molecule has 0 N–H and O–H groups in total. The maximum absolute atomic E-state index is 13.3. The van der Waals surface area contributed by atoms with Crippen molar-refractivity contribution >= 4 is 5.78 Å². The first-order valence-electron chi connectivity index (χ1n) is 6.21. The summed E-state index contributed by atoms with van der Waals surface area (Å²) in [5, 5.41) is 0. The Hall–Kier alpha value is -2.56. The first-order chi connectivity index (χ1) is 10.1. The van der Waals surface area contributed by atoms with Crippen LogP contribution in [0, 0.1) is 5.82 Å². The predicted molar refractivity (Wildman–Crippen MR) is 75.9 cm³/mol. The minimum atomic E-state index is -0.472. The topological polar surface area (TPSA) is 44.8 Å². The van der Waals surface area contributed by atoms with Gasteiger partial charge in [-0.05, 0) is 18.2 Å². The lowest BCUT2D eigenvalue weighted by molar-refractivity contribution is 0.103. The summed E-state index contributed by atoms with van der Waals surface area (Å²) in [4.78, 5) is 12.5. The Kier molecular flexibility index (Phi) is 4.42. The summed E-state index contributed by atoms with van der Waals surface area (Å²) in [6, 6.07) is 8.56. The standard InChI is InChI=1S/C16H15FO4/c1-19-13-9-15(21-3)14(20-2)8-12(13)16(18)10-5-4-6-11(17)7-10/h4-9H,1-3H3. The molecule has 0 aliphatic heterocycles. The van der Waals surface area contributed by atoms with Crippen LogP contribution in [0.2, 0.25) is 0 Å². The third kappa shape index (κ3) is 2.97. The number of ketones is 1. The molecule has 0 aliphatic carbocycles. The molecule has 0 spiro atoms. The second-order valence-corrected chi connectivity index (χ2v) is 4.25. The molecular formula is C16H15FO4. The summed E-state index contributed by atoms with van der Waals surface area (Å²) in [6.07, 6.45) is 0. The minimum absolute atomic E-state index is 0.237. The number of carbonyl (C=O) groups excluding carboxylic acids is 1. The maximum Gasteiger partial charge on any atom is 0.196 e. The van der Waals surface area contributed by atoms with Crippen LogP contribution in [0.5, 0.6) is 17.2 Å². The van der Waals surface area contributed by atoms with Gasteiger partial charge in [0.05, 0.1) is 26.9 Å². The molecule has 0 saturated carbocycles.